The number of hydrogen-bond acceptors (Lipinski definition) is 5. The zero-order chi connectivity index (χ0) is 19.4. The van der Waals surface area contributed by atoms with Crippen LogP contribution in [0.1, 0.15) is 32.6 Å². The summed E-state index contributed by atoms with van der Waals surface area (Å²) in [4.78, 5) is 38.5. The molecule has 1 unspecified atom stereocenters. The number of carbonyl (C=O) groups excluding carboxylic acids is 3. The third-order valence-electron chi connectivity index (χ3n) is 5.09. The van der Waals surface area contributed by atoms with Crippen LogP contribution in [0, 0.1) is 11.8 Å². The molecule has 1 aliphatic carbocycles. The summed E-state index contributed by atoms with van der Waals surface area (Å²) < 4.78 is 10.4. The zero-order valence-corrected chi connectivity index (χ0v) is 15.8. The number of benzene rings is 1. The molecule has 1 saturated carbocycles. The lowest BCUT2D eigenvalue weighted by atomic mass is 9.96. The fraction of sp³-hybridized carbons (Fsp3) is 0.550. The number of methoxy groups -OCH3 is 1. The Morgan fingerprint density at radius 1 is 1.04 bits per heavy atom. The van der Waals surface area contributed by atoms with Gasteiger partial charge in [-0.05, 0) is 56.9 Å². The summed E-state index contributed by atoms with van der Waals surface area (Å²) in [7, 11) is 1.57. The van der Waals surface area contributed by atoms with Gasteiger partial charge in [-0.3, -0.25) is 14.4 Å². The number of anilines is 1. The smallest absolute Gasteiger partial charge is 0.309 e. The molecule has 0 aromatic heterocycles. The van der Waals surface area contributed by atoms with Crippen molar-refractivity contribution < 1.29 is 23.9 Å². The van der Waals surface area contributed by atoms with Gasteiger partial charge >= 0.3 is 5.97 Å². The van der Waals surface area contributed by atoms with E-state index in [0.29, 0.717) is 37.4 Å². The van der Waals surface area contributed by atoms with Crippen LogP contribution in [0.2, 0.25) is 0 Å². The SMILES string of the molecule is COc1ccc(NC(=O)C(C)OC(=O)C2CCN(C(=O)C3CC3)CC2)cc1. The Hall–Kier alpha value is -2.57. The normalized spacial score (nSPS) is 18.5. The number of amides is 2. The molecule has 1 aromatic rings. The van der Waals surface area contributed by atoms with Crippen LogP contribution in [0.25, 0.3) is 0 Å². The lowest BCUT2D eigenvalue weighted by molar-refractivity contribution is -0.159. The van der Waals surface area contributed by atoms with Gasteiger partial charge in [0.05, 0.1) is 13.0 Å². The van der Waals surface area contributed by atoms with Gasteiger partial charge in [0.15, 0.2) is 6.10 Å². The Kier molecular flexibility index (Phi) is 5.98. The van der Waals surface area contributed by atoms with Crippen LogP contribution < -0.4 is 10.1 Å². The second-order valence-corrected chi connectivity index (χ2v) is 7.17. The van der Waals surface area contributed by atoms with Gasteiger partial charge in [-0.2, -0.15) is 0 Å². The fourth-order valence-corrected chi connectivity index (χ4v) is 3.17. The number of ether oxygens (including phenoxy) is 2. The number of piperidine rings is 1. The maximum Gasteiger partial charge on any atom is 0.309 e. The molecule has 1 N–H and O–H groups in total. The minimum Gasteiger partial charge on any atom is -0.497 e. The molecule has 1 aromatic carbocycles. The first-order valence-electron chi connectivity index (χ1n) is 9.42. The predicted octanol–water partition coefficient (Wildman–Crippen LogP) is 2.21. The Morgan fingerprint density at radius 2 is 1.67 bits per heavy atom. The molecule has 0 spiro atoms. The molecule has 2 amide bonds. The molecular formula is C20H26N2O5. The highest BCUT2D eigenvalue weighted by atomic mass is 16.5. The maximum absolute atomic E-state index is 12.3. The summed E-state index contributed by atoms with van der Waals surface area (Å²) >= 11 is 0. The number of esters is 1. The van der Waals surface area contributed by atoms with Crippen molar-refractivity contribution in [3.05, 3.63) is 24.3 Å². The quantitative estimate of drug-likeness (QED) is 0.772. The van der Waals surface area contributed by atoms with Gasteiger partial charge in [-0.25, -0.2) is 0 Å². The topological polar surface area (TPSA) is 84.9 Å². The lowest BCUT2D eigenvalue weighted by Gasteiger charge is -2.31. The van der Waals surface area contributed by atoms with Crippen molar-refractivity contribution in [2.24, 2.45) is 11.8 Å². The lowest BCUT2D eigenvalue weighted by Crippen LogP contribution is -2.42. The van der Waals surface area contributed by atoms with E-state index in [4.69, 9.17) is 9.47 Å². The highest BCUT2D eigenvalue weighted by Gasteiger charge is 2.36. The number of rotatable bonds is 6. The number of nitrogens with one attached hydrogen (secondary N) is 1. The predicted molar refractivity (Wildman–Crippen MR) is 99.2 cm³/mol. The highest BCUT2D eigenvalue weighted by molar-refractivity contribution is 5.95. The van der Waals surface area contributed by atoms with Gasteiger partial charge in [0.1, 0.15) is 5.75 Å². The second kappa shape index (κ2) is 8.41. The van der Waals surface area contributed by atoms with E-state index in [2.05, 4.69) is 5.32 Å². The molecule has 0 radical (unpaired) electrons. The maximum atomic E-state index is 12.3. The summed E-state index contributed by atoms with van der Waals surface area (Å²) in [6, 6.07) is 6.92. The zero-order valence-electron chi connectivity index (χ0n) is 15.8. The van der Waals surface area contributed by atoms with E-state index in [-0.39, 0.29) is 29.6 Å². The van der Waals surface area contributed by atoms with E-state index in [0.717, 1.165) is 12.8 Å². The Labute approximate surface area is 159 Å². The van der Waals surface area contributed by atoms with Gasteiger partial charge in [-0.1, -0.05) is 0 Å². The van der Waals surface area contributed by atoms with Crippen molar-refractivity contribution in [2.75, 3.05) is 25.5 Å². The first-order chi connectivity index (χ1) is 13.0. The van der Waals surface area contributed by atoms with Crippen molar-refractivity contribution in [3.8, 4) is 5.75 Å². The van der Waals surface area contributed by atoms with Crippen LogP contribution in [0.3, 0.4) is 0 Å². The van der Waals surface area contributed by atoms with Crippen molar-refractivity contribution in [1.82, 2.24) is 4.90 Å². The van der Waals surface area contributed by atoms with Gasteiger partial charge in [0.2, 0.25) is 5.91 Å². The Morgan fingerprint density at radius 3 is 2.22 bits per heavy atom. The summed E-state index contributed by atoms with van der Waals surface area (Å²) in [6.45, 7) is 2.73. The van der Waals surface area contributed by atoms with Gasteiger partial charge in [0.25, 0.3) is 5.91 Å². The minimum atomic E-state index is -0.884. The van der Waals surface area contributed by atoms with Crippen LogP contribution >= 0.6 is 0 Å². The summed E-state index contributed by atoms with van der Waals surface area (Å²) in [5.41, 5.74) is 0.607. The molecule has 7 nitrogen and oxygen atoms in total. The third kappa shape index (κ3) is 4.99. The summed E-state index contributed by atoms with van der Waals surface area (Å²) in [5, 5.41) is 2.72. The van der Waals surface area contributed by atoms with E-state index in [1.165, 1.54) is 0 Å². The first kappa shape index (κ1) is 19.2. The number of hydrogen-bond donors (Lipinski definition) is 1. The molecule has 1 atom stereocenters. The van der Waals surface area contributed by atoms with Gasteiger partial charge < -0.3 is 19.7 Å². The van der Waals surface area contributed by atoms with Crippen LogP contribution in [-0.2, 0) is 19.1 Å². The highest BCUT2D eigenvalue weighted by Crippen LogP contribution is 2.32. The first-order valence-corrected chi connectivity index (χ1v) is 9.42. The minimum absolute atomic E-state index is 0.204. The fourth-order valence-electron chi connectivity index (χ4n) is 3.17. The van der Waals surface area contributed by atoms with E-state index < -0.39 is 6.10 Å². The number of carbonyl (C=O) groups is 3. The molecule has 3 rings (SSSR count). The number of likely N-dealkylation sites (tertiary alicyclic amines) is 1. The monoisotopic (exact) mass is 374 g/mol. The second-order valence-electron chi connectivity index (χ2n) is 7.17. The molecule has 1 aliphatic heterocycles. The largest absolute Gasteiger partial charge is 0.497 e. The molecule has 1 heterocycles. The number of nitrogens with zero attached hydrogens (tertiary/aromatic N) is 1. The molecule has 146 valence electrons. The van der Waals surface area contributed by atoms with Crippen LogP contribution in [-0.4, -0.2) is 49.0 Å². The van der Waals surface area contributed by atoms with Crippen molar-refractivity contribution in [3.63, 3.8) is 0 Å². The van der Waals surface area contributed by atoms with Gasteiger partial charge in [-0.15, -0.1) is 0 Å². The molecule has 27 heavy (non-hydrogen) atoms. The van der Waals surface area contributed by atoms with Crippen molar-refractivity contribution >= 4 is 23.5 Å². The van der Waals surface area contributed by atoms with Crippen LogP contribution in [0.15, 0.2) is 24.3 Å². The molecule has 0 bridgehead atoms. The van der Waals surface area contributed by atoms with E-state index in [1.807, 2.05) is 4.90 Å². The van der Waals surface area contributed by atoms with Crippen LogP contribution in [0.5, 0.6) is 5.75 Å². The van der Waals surface area contributed by atoms with E-state index >= 15 is 0 Å². The average Bonchev–Trinajstić information content (AvgIpc) is 3.53. The standard InChI is InChI=1S/C20H26N2O5/c1-13(18(23)21-16-5-7-17(26-2)8-6-16)27-20(25)15-9-11-22(12-10-15)19(24)14-3-4-14/h5-8,13-15H,3-4,9-12H2,1-2H3,(H,21,23). The molecule has 2 aliphatic rings. The molecule has 1 saturated heterocycles. The third-order valence-corrected chi connectivity index (χ3v) is 5.09. The molecule has 7 heteroatoms. The summed E-state index contributed by atoms with van der Waals surface area (Å²) in [6.07, 6.45) is 2.27. The Bertz CT molecular complexity index is 691. The summed E-state index contributed by atoms with van der Waals surface area (Å²) in [5.74, 6) is 0.105. The van der Waals surface area contributed by atoms with Crippen LogP contribution in [0.4, 0.5) is 5.69 Å². The average molecular weight is 374 g/mol. The molecule has 2 fully saturated rings. The molecular weight excluding hydrogens is 348 g/mol. The van der Waals surface area contributed by atoms with E-state index in [1.54, 1.807) is 38.3 Å². The van der Waals surface area contributed by atoms with Crippen molar-refractivity contribution in [1.29, 1.82) is 0 Å². The van der Waals surface area contributed by atoms with E-state index in [9.17, 15) is 14.4 Å². The Balaban J connectivity index is 1.44. The van der Waals surface area contributed by atoms with Gasteiger partial charge in [0, 0.05) is 24.7 Å². The van der Waals surface area contributed by atoms with Crippen molar-refractivity contribution in [2.45, 2.75) is 38.7 Å².